The van der Waals surface area contributed by atoms with E-state index < -0.39 is 4.92 Å². The summed E-state index contributed by atoms with van der Waals surface area (Å²) in [5.41, 5.74) is 0.468. The molecule has 2 atom stereocenters. The van der Waals surface area contributed by atoms with E-state index in [0.717, 1.165) is 25.7 Å². The highest BCUT2D eigenvalue weighted by atomic mass is 16.6. The predicted octanol–water partition coefficient (Wildman–Crippen LogP) is 3.67. The van der Waals surface area contributed by atoms with Crippen LogP contribution in [0.25, 0.3) is 10.8 Å². The second-order valence-electron chi connectivity index (χ2n) is 7.64. The molecule has 6 rings (SSSR count). The summed E-state index contributed by atoms with van der Waals surface area (Å²) < 4.78 is 0. The molecule has 2 aromatic rings. The molecule has 0 spiro atoms. The van der Waals surface area contributed by atoms with Crippen molar-refractivity contribution in [1.82, 2.24) is 0 Å². The Hall–Kier alpha value is -2.76. The van der Waals surface area contributed by atoms with Gasteiger partial charge in [0.15, 0.2) is 0 Å². The molecule has 3 saturated carbocycles. The molecule has 0 N–H and O–H groups in total. The minimum atomic E-state index is -0.431. The summed E-state index contributed by atoms with van der Waals surface area (Å²) in [5.74, 6) is -0.0405. The number of hydrogen-bond acceptors (Lipinski definition) is 4. The van der Waals surface area contributed by atoms with E-state index in [9.17, 15) is 19.7 Å². The van der Waals surface area contributed by atoms with Crippen molar-refractivity contribution in [2.24, 2.45) is 23.7 Å². The van der Waals surface area contributed by atoms with Gasteiger partial charge in [0.2, 0.25) is 11.8 Å². The molecule has 1 aliphatic heterocycles. The number of benzene rings is 2. The number of fused-ring (bicyclic) bond motifs is 3. The largest absolute Gasteiger partial charge is 0.277 e. The molecule has 1 heterocycles. The van der Waals surface area contributed by atoms with Crippen molar-refractivity contribution < 1.29 is 14.5 Å². The Morgan fingerprint density at radius 1 is 0.846 bits per heavy atom. The first kappa shape index (κ1) is 15.5. The Labute approximate surface area is 149 Å². The average Bonchev–Trinajstić information content (AvgIpc) is 2.95. The molecule has 4 aliphatic rings. The molecule has 3 aliphatic carbocycles. The van der Waals surface area contributed by atoms with Crippen molar-refractivity contribution in [3.05, 3.63) is 46.5 Å². The van der Waals surface area contributed by atoms with Gasteiger partial charge in [-0.2, -0.15) is 0 Å². The highest BCUT2D eigenvalue weighted by Crippen LogP contribution is 2.54. The van der Waals surface area contributed by atoms with Gasteiger partial charge < -0.3 is 0 Å². The maximum Gasteiger partial charge on any atom is 0.277 e. The van der Waals surface area contributed by atoms with Crippen LogP contribution in [0.15, 0.2) is 36.4 Å². The van der Waals surface area contributed by atoms with E-state index in [1.54, 1.807) is 30.3 Å². The van der Waals surface area contributed by atoms with Gasteiger partial charge in [-0.3, -0.25) is 19.7 Å². The fourth-order valence-electron chi connectivity index (χ4n) is 5.43. The lowest BCUT2D eigenvalue weighted by Crippen LogP contribution is -2.41. The third-order valence-electron chi connectivity index (χ3n) is 6.55. The highest BCUT2D eigenvalue weighted by molar-refractivity contribution is 6.25. The normalized spacial score (nSPS) is 30.1. The van der Waals surface area contributed by atoms with Gasteiger partial charge in [0.25, 0.3) is 5.69 Å². The minimum absolute atomic E-state index is 0.0130. The lowest BCUT2D eigenvalue weighted by atomic mass is 9.59. The van der Waals surface area contributed by atoms with Gasteiger partial charge in [-0.15, -0.1) is 0 Å². The number of hydrogen-bond donors (Lipinski definition) is 0. The summed E-state index contributed by atoms with van der Waals surface area (Å²) in [6.45, 7) is 0. The van der Waals surface area contributed by atoms with Crippen LogP contribution in [0.2, 0.25) is 0 Å². The third kappa shape index (κ3) is 1.92. The molecule has 26 heavy (non-hydrogen) atoms. The summed E-state index contributed by atoms with van der Waals surface area (Å²) in [5, 5.41) is 12.4. The molecule has 2 amide bonds. The quantitative estimate of drug-likeness (QED) is 0.470. The van der Waals surface area contributed by atoms with E-state index in [0.29, 0.717) is 28.3 Å². The van der Waals surface area contributed by atoms with E-state index in [2.05, 4.69) is 0 Å². The van der Waals surface area contributed by atoms with Crippen LogP contribution in [-0.4, -0.2) is 16.7 Å². The van der Waals surface area contributed by atoms with Crippen LogP contribution in [0, 0.1) is 33.8 Å². The molecule has 0 radical (unpaired) electrons. The molecule has 6 nitrogen and oxygen atoms in total. The summed E-state index contributed by atoms with van der Waals surface area (Å²) in [7, 11) is 0. The lowest BCUT2D eigenvalue weighted by molar-refractivity contribution is -0.383. The van der Waals surface area contributed by atoms with E-state index >= 15 is 0 Å². The topological polar surface area (TPSA) is 80.5 Å². The van der Waals surface area contributed by atoms with Crippen molar-refractivity contribution >= 4 is 34.0 Å². The molecule has 4 fully saturated rings. The molecule has 2 aromatic carbocycles. The number of non-ortho nitro benzene ring substituents is 1. The fraction of sp³-hybridized carbons (Fsp3) is 0.400. The van der Waals surface area contributed by atoms with Crippen LogP contribution in [0.4, 0.5) is 11.4 Å². The first-order chi connectivity index (χ1) is 12.6. The molecule has 132 valence electrons. The molecule has 2 unspecified atom stereocenters. The first-order valence-electron chi connectivity index (χ1n) is 9.12. The Morgan fingerprint density at radius 2 is 1.38 bits per heavy atom. The number of nitrogens with zero attached hydrogens (tertiary/aromatic N) is 2. The number of carbonyl (C=O) groups excluding carboxylic acids is 2. The van der Waals surface area contributed by atoms with Crippen LogP contribution in [0.3, 0.4) is 0 Å². The van der Waals surface area contributed by atoms with Crippen LogP contribution in [0.1, 0.15) is 25.7 Å². The lowest BCUT2D eigenvalue weighted by Gasteiger charge is -2.42. The number of carbonyl (C=O) groups is 2. The molecule has 2 bridgehead atoms. The number of imide groups is 1. The van der Waals surface area contributed by atoms with Gasteiger partial charge >= 0.3 is 0 Å². The van der Waals surface area contributed by atoms with Gasteiger partial charge in [-0.05, 0) is 49.7 Å². The Bertz CT molecular complexity index is 931. The number of amides is 2. The van der Waals surface area contributed by atoms with Crippen molar-refractivity contribution in [2.75, 3.05) is 4.90 Å². The average molecular weight is 350 g/mol. The molecular weight excluding hydrogens is 332 g/mol. The second-order valence-corrected chi connectivity index (χ2v) is 7.64. The minimum Gasteiger partial charge on any atom is -0.274 e. The molecule has 0 aromatic heterocycles. The zero-order valence-corrected chi connectivity index (χ0v) is 14.1. The summed E-state index contributed by atoms with van der Waals surface area (Å²) in [4.78, 5) is 38.6. The third-order valence-corrected chi connectivity index (χ3v) is 6.55. The van der Waals surface area contributed by atoms with E-state index in [4.69, 9.17) is 0 Å². The van der Waals surface area contributed by atoms with Crippen LogP contribution >= 0.6 is 0 Å². The van der Waals surface area contributed by atoms with Gasteiger partial charge in [-0.25, -0.2) is 4.90 Å². The van der Waals surface area contributed by atoms with E-state index in [1.165, 1.54) is 11.0 Å². The number of nitro benzene ring substituents is 1. The SMILES string of the molecule is O=C1C2C3CCC(CC3)C2C(=O)N1c1ccc([N+](=O)[O-])c2ccccc12. The second kappa shape index (κ2) is 5.37. The van der Waals surface area contributed by atoms with Crippen molar-refractivity contribution in [2.45, 2.75) is 25.7 Å². The monoisotopic (exact) mass is 350 g/mol. The smallest absolute Gasteiger partial charge is 0.274 e. The number of nitro groups is 1. The summed E-state index contributed by atoms with van der Waals surface area (Å²) in [6.07, 6.45) is 4.11. The predicted molar refractivity (Wildman–Crippen MR) is 95.5 cm³/mol. The zero-order valence-electron chi connectivity index (χ0n) is 14.1. The Balaban J connectivity index is 1.67. The summed E-state index contributed by atoms with van der Waals surface area (Å²) >= 11 is 0. The van der Waals surface area contributed by atoms with Crippen molar-refractivity contribution in [1.29, 1.82) is 0 Å². The number of anilines is 1. The highest BCUT2D eigenvalue weighted by Gasteiger charge is 2.58. The van der Waals surface area contributed by atoms with Crippen LogP contribution < -0.4 is 4.90 Å². The van der Waals surface area contributed by atoms with Gasteiger partial charge in [-0.1, -0.05) is 18.2 Å². The summed E-state index contributed by atoms with van der Waals surface area (Å²) in [6, 6.07) is 9.86. The maximum absolute atomic E-state index is 13.2. The Morgan fingerprint density at radius 3 is 1.92 bits per heavy atom. The molecule has 1 saturated heterocycles. The maximum atomic E-state index is 13.2. The van der Waals surface area contributed by atoms with E-state index in [-0.39, 0.29) is 29.3 Å². The first-order valence-corrected chi connectivity index (χ1v) is 9.12. The number of rotatable bonds is 2. The zero-order chi connectivity index (χ0) is 18.0. The van der Waals surface area contributed by atoms with Gasteiger partial charge in [0.1, 0.15) is 0 Å². The Kier molecular flexibility index (Phi) is 3.20. The van der Waals surface area contributed by atoms with E-state index in [1.807, 2.05) is 0 Å². The van der Waals surface area contributed by atoms with Gasteiger partial charge in [0, 0.05) is 11.5 Å². The standard InChI is InChI=1S/C20H18N2O4/c23-19-17-11-5-6-12(8-7-11)18(17)20(24)21(19)15-9-10-16(22(25)26)14-4-2-1-3-13(14)15/h1-4,9-12,17-18H,5-8H2. The van der Waals surface area contributed by atoms with Crippen LogP contribution in [0.5, 0.6) is 0 Å². The fourth-order valence-corrected chi connectivity index (χ4v) is 5.43. The molecular formula is C20H18N2O4. The van der Waals surface area contributed by atoms with Crippen LogP contribution in [-0.2, 0) is 9.59 Å². The van der Waals surface area contributed by atoms with Gasteiger partial charge in [0.05, 0.1) is 27.8 Å². The molecule has 6 heteroatoms. The van der Waals surface area contributed by atoms with Crippen molar-refractivity contribution in [3.63, 3.8) is 0 Å². The van der Waals surface area contributed by atoms with Crippen molar-refractivity contribution in [3.8, 4) is 0 Å².